The first kappa shape index (κ1) is 19.2. The summed E-state index contributed by atoms with van der Waals surface area (Å²) in [6.07, 6.45) is 2.52. The molecule has 0 spiro atoms. The Hall–Kier alpha value is -1.48. The minimum Gasteiger partial charge on any atom is -0.387 e. The van der Waals surface area contributed by atoms with Gasteiger partial charge in [-0.25, -0.2) is 0 Å². The second-order valence-electron chi connectivity index (χ2n) is 9.93. The number of fused-ring (bicyclic) bond motifs is 3. The zero-order valence-corrected chi connectivity index (χ0v) is 17.0. The Balaban J connectivity index is 1.33. The monoisotopic (exact) mass is 426 g/mol. The van der Waals surface area contributed by atoms with Crippen LogP contribution in [-0.4, -0.2) is 88.5 Å². The number of nitrogens with zero attached hydrogens (tertiary/aromatic N) is 4. The first-order valence-corrected chi connectivity index (χ1v) is 11.3. The molecule has 1 N–H and O–H groups in total. The van der Waals surface area contributed by atoms with E-state index in [0.29, 0.717) is 25.7 Å². The molecule has 6 aliphatic rings. The molecule has 4 heterocycles. The molecule has 6 nitrogen and oxygen atoms in total. The van der Waals surface area contributed by atoms with Crippen molar-refractivity contribution in [2.24, 2.45) is 16.8 Å². The summed E-state index contributed by atoms with van der Waals surface area (Å²) in [6.45, 7) is 2.35. The van der Waals surface area contributed by atoms with Crippen molar-refractivity contribution in [3.63, 3.8) is 0 Å². The molecular formula is C21H29F3N4O2. The van der Waals surface area contributed by atoms with E-state index in [-0.39, 0.29) is 36.9 Å². The van der Waals surface area contributed by atoms with Gasteiger partial charge >= 0.3 is 6.18 Å². The van der Waals surface area contributed by atoms with E-state index in [1.807, 2.05) is 11.0 Å². The highest BCUT2D eigenvalue weighted by atomic mass is 19.4. The summed E-state index contributed by atoms with van der Waals surface area (Å²) >= 11 is 0. The van der Waals surface area contributed by atoms with Crippen molar-refractivity contribution in [1.82, 2.24) is 14.7 Å². The number of hydrogen-bond acceptors (Lipinski definition) is 6. The fraction of sp³-hybridized carbons (Fsp3) is 0.857. The molecule has 0 aromatic heterocycles. The molecule has 4 aliphatic heterocycles. The van der Waals surface area contributed by atoms with Gasteiger partial charge < -0.3 is 24.5 Å². The number of halogens is 3. The lowest BCUT2D eigenvalue weighted by molar-refractivity contribution is -0.188. The van der Waals surface area contributed by atoms with Crippen LogP contribution >= 0.6 is 0 Å². The molecular weight excluding hydrogens is 397 g/mol. The second kappa shape index (κ2) is 6.51. The van der Waals surface area contributed by atoms with Gasteiger partial charge in [-0.3, -0.25) is 0 Å². The number of aliphatic imine (C=N–C) groups is 1. The Morgan fingerprint density at radius 2 is 1.87 bits per heavy atom. The summed E-state index contributed by atoms with van der Waals surface area (Å²) in [4.78, 5) is 10.3. The van der Waals surface area contributed by atoms with Gasteiger partial charge in [-0.2, -0.15) is 18.2 Å². The Kier molecular flexibility index (Phi) is 4.17. The number of alkyl halides is 3. The van der Waals surface area contributed by atoms with Crippen molar-refractivity contribution in [1.29, 1.82) is 0 Å². The molecule has 5 fully saturated rings. The molecule has 30 heavy (non-hydrogen) atoms. The molecule has 0 aromatic rings. The lowest BCUT2D eigenvalue weighted by Crippen LogP contribution is -2.64. The number of β-amino-alcohol motifs (C(OH)–C–C–N with tert-alkyl or cyclic N) is 1. The third-order valence-corrected chi connectivity index (χ3v) is 7.86. The normalized spacial score (nSPS) is 34.3. The number of aliphatic hydroxyl groups is 1. The quantitative estimate of drug-likeness (QED) is 0.730. The van der Waals surface area contributed by atoms with Crippen LogP contribution in [0, 0.1) is 11.8 Å². The smallest absolute Gasteiger partial charge is 0.387 e. The highest BCUT2D eigenvalue weighted by Crippen LogP contribution is 2.53. The number of morpholine rings is 1. The summed E-state index contributed by atoms with van der Waals surface area (Å²) in [5.41, 5.74) is -1.03. The number of rotatable bonds is 5. The molecule has 0 radical (unpaired) electrons. The summed E-state index contributed by atoms with van der Waals surface area (Å²) < 4.78 is 47.8. The molecule has 9 heteroatoms. The topological polar surface area (TPSA) is 51.5 Å². The number of ether oxygens (including phenoxy) is 1. The van der Waals surface area contributed by atoms with Gasteiger partial charge in [-0.1, -0.05) is 0 Å². The summed E-state index contributed by atoms with van der Waals surface area (Å²) in [5.74, 6) is 1.41. The van der Waals surface area contributed by atoms with E-state index in [2.05, 4.69) is 4.90 Å². The molecule has 3 saturated heterocycles. The Morgan fingerprint density at radius 1 is 1.13 bits per heavy atom. The minimum absolute atomic E-state index is 0.0133. The van der Waals surface area contributed by atoms with Crippen LogP contribution in [0.25, 0.3) is 0 Å². The van der Waals surface area contributed by atoms with Crippen LogP contribution in [-0.2, 0) is 4.74 Å². The maximum absolute atomic E-state index is 14.0. The van der Waals surface area contributed by atoms with Gasteiger partial charge in [0.15, 0.2) is 0 Å². The summed E-state index contributed by atoms with van der Waals surface area (Å²) in [6, 6.07) is -1.32. The average Bonchev–Trinajstić information content (AvgIpc) is 3.64. The van der Waals surface area contributed by atoms with E-state index in [9.17, 15) is 18.3 Å². The fourth-order valence-corrected chi connectivity index (χ4v) is 5.92. The first-order chi connectivity index (χ1) is 14.3. The van der Waals surface area contributed by atoms with Crippen LogP contribution < -0.4 is 0 Å². The zero-order chi connectivity index (χ0) is 20.7. The molecule has 6 rings (SSSR count). The van der Waals surface area contributed by atoms with Gasteiger partial charge in [0.2, 0.25) is 5.96 Å². The minimum atomic E-state index is -4.34. The Bertz CT molecular complexity index is 765. The molecule has 2 bridgehead atoms. The molecule has 3 atom stereocenters. The standard InChI is InChI=1S/C21H29F3N4O2/c22-21(23,24)17-5-7-26-8-6-18(27-10-16-9-15(27)11-30-16)25-19(26)28(17)12-20(29,13-1-2-13)14-3-4-14/h6,13-17,29H,1-5,7-12H2/t15-,16-,17-/m0/s1. The fourth-order valence-electron chi connectivity index (χ4n) is 5.92. The third kappa shape index (κ3) is 3.11. The van der Waals surface area contributed by atoms with Crippen LogP contribution in [0.1, 0.15) is 38.5 Å². The highest BCUT2D eigenvalue weighted by molar-refractivity contribution is 5.83. The van der Waals surface area contributed by atoms with Crippen LogP contribution in [0.5, 0.6) is 0 Å². The Labute approximate surface area is 174 Å². The van der Waals surface area contributed by atoms with Gasteiger partial charge in [0, 0.05) is 19.6 Å². The van der Waals surface area contributed by atoms with Crippen LogP contribution in [0.2, 0.25) is 0 Å². The SMILES string of the molecule is OC(CN1C2=NC(N3C[C@@H]4C[C@H]3CO4)=CCN2CC[C@H]1C(F)(F)F)(C1CC1)C1CC1. The summed E-state index contributed by atoms with van der Waals surface area (Å²) in [7, 11) is 0. The van der Waals surface area contributed by atoms with Crippen LogP contribution in [0.4, 0.5) is 13.2 Å². The van der Waals surface area contributed by atoms with Gasteiger partial charge in [0.1, 0.15) is 11.9 Å². The predicted octanol–water partition coefficient (Wildman–Crippen LogP) is 2.16. The van der Waals surface area contributed by atoms with E-state index >= 15 is 0 Å². The average molecular weight is 426 g/mol. The van der Waals surface area contributed by atoms with Gasteiger partial charge in [-0.05, 0) is 56.4 Å². The lowest BCUT2D eigenvalue weighted by Gasteiger charge is -2.49. The van der Waals surface area contributed by atoms with Crippen molar-refractivity contribution in [3.8, 4) is 0 Å². The van der Waals surface area contributed by atoms with E-state index < -0.39 is 17.8 Å². The van der Waals surface area contributed by atoms with Crippen LogP contribution in [0.15, 0.2) is 16.9 Å². The van der Waals surface area contributed by atoms with Crippen LogP contribution in [0.3, 0.4) is 0 Å². The molecule has 0 aromatic carbocycles. The second-order valence-corrected chi connectivity index (χ2v) is 9.93. The predicted molar refractivity (Wildman–Crippen MR) is 104 cm³/mol. The van der Waals surface area contributed by atoms with Gasteiger partial charge in [-0.15, -0.1) is 0 Å². The Morgan fingerprint density at radius 3 is 2.43 bits per heavy atom. The maximum Gasteiger partial charge on any atom is 0.408 e. The van der Waals surface area contributed by atoms with Gasteiger partial charge in [0.25, 0.3) is 0 Å². The maximum atomic E-state index is 14.0. The van der Waals surface area contributed by atoms with Crippen molar-refractivity contribution in [2.45, 2.75) is 68.5 Å². The molecule has 0 amide bonds. The van der Waals surface area contributed by atoms with Gasteiger partial charge in [0.05, 0.1) is 30.9 Å². The van der Waals surface area contributed by atoms with E-state index in [1.54, 1.807) is 0 Å². The number of likely N-dealkylation sites (tertiary alicyclic amines) is 1. The molecule has 2 saturated carbocycles. The highest BCUT2D eigenvalue weighted by Gasteiger charge is 2.57. The van der Waals surface area contributed by atoms with Crippen molar-refractivity contribution in [3.05, 3.63) is 11.9 Å². The lowest BCUT2D eigenvalue weighted by atomic mass is 9.90. The van der Waals surface area contributed by atoms with Crippen molar-refractivity contribution >= 4 is 5.96 Å². The first-order valence-electron chi connectivity index (χ1n) is 11.3. The molecule has 2 aliphatic carbocycles. The van der Waals surface area contributed by atoms with E-state index in [1.165, 1.54) is 4.90 Å². The van der Waals surface area contributed by atoms with Crippen molar-refractivity contribution < 1.29 is 23.0 Å². The van der Waals surface area contributed by atoms with Crippen molar-refractivity contribution in [2.75, 3.05) is 32.8 Å². The number of hydrogen-bond donors (Lipinski definition) is 1. The molecule has 166 valence electrons. The molecule has 0 unspecified atom stereocenters. The largest absolute Gasteiger partial charge is 0.408 e. The third-order valence-electron chi connectivity index (χ3n) is 7.86. The summed E-state index contributed by atoms with van der Waals surface area (Å²) in [5, 5.41) is 11.5. The van der Waals surface area contributed by atoms with E-state index in [4.69, 9.17) is 9.73 Å². The van der Waals surface area contributed by atoms with E-state index in [0.717, 1.165) is 44.5 Å². The zero-order valence-electron chi connectivity index (χ0n) is 17.0. The number of guanidine groups is 1.